The average Bonchev–Trinajstić information content (AvgIpc) is 2.77. The van der Waals surface area contributed by atoms with E-state index in [2.05, 4.69) is 0 Å². The van der Waals surface area contributed by atoms with Gasteiger partial charge in [0.1, 0.15) is 11.3 Å². The molecule has 0 saturated heterocycles. The lowest BCUT2D eigenvalue weighted by Crippen LogP contribution is -2.32. The number of rotatable bonds is 3. The molecule has 0 saturated carbocycles. The molecule has 0 radical (unpaired) electrons. The molecule has 5 rings (SSSR count). The van der Waals surface area contributed by atoms with E-state index in [0.29, 0.717) is 35.9 Å². The van der Waals surface area contributed by atoms with Crippen molar-refractivity contribution in [3.63, 3.8) is 0 Å². The molecule has 4 aromatic rings. The summed E-state index contributed by atoms with van der Waals surface area (Å²) < 4.78 is 11.8. The zero-order valence-corrected chi connectivity index (χ0v) is 17.3. The highest BCUT2D eigenvalue weighted by molar-refractivity contribution is 6.33. The predicted octanol–water partition coefficient (Wildman–Crippen LogP) is 5.70. The molecule has 150 valence electrons. The second kappa shape index (κ2) is 7.54. The van der Waals surface area contributed by atoms with Crippen LogP contribution < -0.4 is 15.3 Å². The number of benzene rings is 3. The standard InChI is InChI=1S/C25H20ClNO3/c1-16-18-11-12-23-20(14-27(15-29-23)22-10-6-5-9-21(22)26)24(18)30-25(28)19(16)13-17-7-3-2-4-8-17/h2-12H,13-15H2,1H3. The average molecular weight is 418 g/mol. The Hall–Kier alpha value is -3.24. The molecule has 1 aromatic heterocycles. The lowest BCUT2D eigenvalue weighted by atomic mass is 9.97. The van der Waals surface area contributed by atoms with Crippen molar-refractivity contribution >= 4 is 28.3 Å². The highest BCUT2D eigenvalue weighted by atomic mass is 35.5. The Balaban J connectivity index is 1.60. The molecule has 0 aliphatic carbocycles. The molecular weight excluding hydrogens is 398 g/mol. The molecule has 0 amide bonds. The quantitative estimate of drug-likeness (QED) is 0.401. The SMILES string of the molecule is Cc1c(Cc2ccccc2)c(=O)oc2c3c(ccc12)OCN(c1ccccc1Cl)C3. The summed E-state index contributed by atoms with van der Waals surface area (Å²) in [7, 11) is 0. The van der Waals surface area contributed by atoms with Crippen molar-refractivity contribution < 1.29 is 9.15 Å². The minimum absolute atomic E-state index is 0.299. The van der Waals surface area contributed by atoms with E-state index in [9.17, 15) is 4.79 Å². The Bertz CT molecular complexity index is 1300. The summed E-state index contributed by atoms with van der Waals surface area (Å²) in [6, 6.07) is 21.6. The summed E-state index contributed by atoms with van der Waals surface area (Å²) >= 11 is 6.38. The van der Waals surface area contributed by atoms with Crippen LogP contribution in [0.5, 0.6) is 5.75 Å². The van der Waals surface area contributed by atoms with Crippen LogP contribution in [0.4, 0.5) is 5.69 Å². The Labute approximate surface area is 179 Å². The van der Waals surface area contributed by atoms with Gasteiger partial charge in [0.2, 0.25) is 0 Å². The molecule has 4 nitrogen and oxygen atoms in total. The van der Waals surface area contributed by atoms with Gasteiger partial charge in [-0.25, -0.2) is 4.79 Å². The van der Waals surface area contributed by atoms with Crippen molar-refractivity contribution in [1.29, 1.82) is 0 Å². The van der Waals surface area contributed by atoms with Gasteiger partial charge in [-0.3, -0.25) is 0 Å². The zero-order chi connectivity index (χ0) is 20.7. The highest BCUT2D eigenvalue weighted by Crippen LogP contribution is 2.37. The number of ether oxygens (including phenoxy) is 1. The largest absolute Gasteiger partial charge is 0.473 e. The first-order valence-corrected chi connectivity index (χ1v) is 10.2. The third-order valence-corrected chi connectivity index (χ3v) is 5.98. The van der Waals surface area contributed by atoms with Crippen LogP contribution in [-0.2, 0) is 13.0 Å². The van der Waals surface area contributed by atoms with Crippen molar-refractivity contribution in [2.24, 2.45) is 0 Å². The normalized spacial score (nSPS) is 13.2. The topological polar surface area (TPSA) is 42.7 Å². The van der Waals surface area contributed by atoms with Crippen LogP contribution in [0.1, 0.15) is 22.3 Å². The number of hydrogen-bond donors (Lipinski definition) is 0. The Kier molecular flexibility index (Phi) is 4.72. The van der Waals surface area contributed by atoms with E-state index in [4.69, 9.17) is 20.8 Å². The van der Waals surface area contributed by atoms with E-state index < -0.39 is 0 Å². The first kappa shape index (κ1) is 18.8. The summed E-state index contributed by atoms with van der Waals surface area (Å²) in [5.74, 6) is 0.740. The van der Waals surface area contributed by atoms with Gasteiger partial charge < -0.3 is 14.1 Å². The fourth-order valence-electron chi connectivity index (χ4n) is 4.03. The molecule has 0 N–H and O–H groups in total. The van der Waals surface area contributed by atoms with Gasteiger partial charge in [0, 0.05) is 17.4 Å². The van der Waals surface area contributed by atoms with Gasteiger partial charge in [-0.15, -0.1) is 0 Å². The van der Waals surface area contributed by atoms with Crippen molar-refractivity contribution in [3.8, 4) is 5.75 Å². The van der Waals surface area contributed by atoms with Gasteiger partial charge in [-0.2, -0.15) is 0 Å². The van der Waals surface area contributed by atoms with Gasteiger partial charge in [0.15, 0.2) is 6.73 Å². The highest BCUT2D eigenvalue weighted by Gasteiger charge is 2.24. The molecule has 0 unspecified atom stereocenters. The van der Waals surface area contributed by atoms with Crippen LogP contribution in [-0.4, -0.2) is 6.73 Å². The summed E-state index contributed by atoms with van der Waals surface area (Å²) in [6.07, 6.45) is 0.546. The number of anilines is 1. The van der Waals surface area contributed by atoms with Crippen molar-refractivity contribution in [1.82, 2.24) is 0 Å². The molecule has 1 aliphatic heterocycles. The van der Waals surface area contributed by atoms with Crippen LogP contribution in [0, 0.1) is 6.92 Å². The van der Waals surface area contributed by atoms with Gasteiger partial charge in [0.25, 0.3) is 0 Å². The smallest absolute Gasteiger partial charge is 0.340 e. The van der Waals surface area contributed by atoms with E-state index in [-0.39, 0.29) is 5.63 Å². The van der Waals surface area contributed by atoms with E-state index in [1.165, 1.54) is 0 Å². The number of nitrogens with zero attached hydrogens (tertiary/aromatic N) is 1. The van der Waals surface area contributed by atoms with Crippen molar-refractivity contribution in [2.75, 3.05) is 11.6 Å². The maximum absolute atomic E-state index is 12.9. The molecule has 0 spiro atoms. The molecule has 0 bridgehead atoms. The van der Waals surface area contributed by atoms with Crippen LogP contribution >= 0.6 is 11.6 Å². The van der Waals surface area contributed by atoms with Crippen molar-refractivity contribution in [3.05, 3.63) is 104 Å². The van der Waals surface area contributed by atoms with Crippen LogP contribution in [0.2, 0.25) is 5.02 Å². The molecule has 3 aromatic carbocycles. The first-order valence-electron chi connectivity index (χ1n) is 9.86. The van der Waals surface area contributed by atoms with Gasteiger partial charge in [0.05, 0.1) is 22.8 Å². The minimum Gasteiger partial charge on any atom is -0.473 e. The van der Waals surface area contributed by atoms with E-state index >= 15 is 0 Å². The fourth-order valence-corrected chi connectivity index (χ4v) is 4.28. The number of hydrogen-bond acceptors (Lipinski definition) is 4. The maximum Gasteiger partial charge on any atom is 0.340 e. The molecule has 0 atom stereocenters. The van der Waals surface area contributed by atoms with Crippen molar-refractivity contribution in [2.45, 2.75) is 19.9 Å². The molecule has 2 heterocycles. The lowest BCUT2D eigenvalue weighted by molar-refractivity contribution is 0.289. The monoisotopic (exact) mass is 417 g/mol. The number of aryl methyl sites for hydroxylation is 1. The Morgan fingerprint density at radius 2 is 1.77 bits per heavy atom. The zero-order valence-electron chi connectivity index (χ0n) is 16.5. The summed E-state index contributed by atoms with van der Waals surface area (Å²) in [5.41, 5.74) is 4.76. The maximum atomic E-state index is 12.9. The Morgan fingerprint density at radius 3 is 2.57 bits per heavy atom. The number of fused-ring (bicyclic) bond motifs is 3. The second-order valence-electron chi connectivity index (χ2n) is 7.50. The second-order valence-corrected chi connectivity index (χ2v) is 7.90. The first-order chi connectivity index (χ1) is 14.6. The third kappa shape index (κ3) is 3.23. The molecule has 5 heteroatoms. The third-order valence-electron chi connectivity index (χ3n) is 5.66. The molecule has 0 fully saturated rings. The van der Waals surface area contributed by atoms with Gasteiger partial charge in [-0.05, 0) is 42.3 Å². The Morgan fingerprint density at radius 1 is 1.00 bits per heavy atom. The van der Waals surface area contributed by atoms with Gasteiger partial charge in [-0.1, -0.05) is 54.1 Å². The van der Waals surface area contributed by atoms with Crippen LogP contribution in [0.3, 0.4) is 0 Å². The fraction of sp³-hybridized carbons (Fsp3) is 0.160. The minimum atomic E-state index is -0.299. The summed E-state index contributed by atoms with van der Waals surface area (Å²) in [6.45, 7) is 2.92. The summed E-state index contributed by atoms with van der Waals surface area (Å²) in [4.78, 5) is 14.9. The molecule has 30 heavy (non-hydrogen) atoms. The predicted molar refractivity (Wildman–Crippen MR) is 120 cm³/mol. The number of halogens is 1. The van der Waals surface area contributed by atoms with E-state index in [1.54, 1.807) is 0 Å². The van der Waals surface area contributed by atoms with E-state index in [0.717, 1.165) is 33.5 Å². The van der Waals surface area contributed by atoms with E-state index in [1.807, 2.05) is 78.6 Å². The molecule has 1 aliphatic rings. The van der Waals surface area contributed by atoms with Crippen LogP contribution in [0.15, 0.2) is 75.9 Å². The molecular formula is C25H20ClNO3. The summed E-state index contributed by atoms with van der Waals surface area (Å²) in [5, 5.41) is 1.59. The van der Waals surface area contributed by atoms with Gasteiger partial charge >= 0.3 is 5.63 Å². The number of para-hydroxylation sites is 1. The lowest BCUT2D eigenvalue weighted by Gasteiger charge is -2.31. The van der Waals surface area contributed by atoms with Crippen LogP contribution in [0.25, 0.3) is 11.0 Å².